The maximum Gasteiger partial charge on any atom is 0.122 e. The van der Waals surface area contributed by atoms with Gasteiger partial charge in [0.15, 0.2) is 0 Å². The Bertz CT molecular complexity index is 368. The van der Waals surface area contributed by atoms with Gasteiger partial charge in [0, 0.05) is 10.9 Å². The normalized spacial score (nSPS) is 10.4. The maximum absolute atomic E-state index is 10.3. The second-order valence-corrected chi connectivity index (χ2v) is 4.51. The molecule has 0 amide bonds. The average molecular weight is 271 g/mol. The fourth-order valence-electron chi connectivity index (χ4n) is 1.67. The van der Waals surface area contributed by atoms with Crippen LogP contribution in [0.2, 0.25) is 0 Å². The number of benzene rings is 1. The molecule has 0 radical (unpaired) electrons. The Labute approximate surface area is 98.4 Å². The molecule has 0 saturated heterocycles. The van der Waals surface area contributed by atoms with Crippen LogP contribution in [0.3, 0.4) is 0 Å². The van der Waals surface area contributed by atoms with E-state index in [1.54, 1.807) is 0 Å². The number of aromatic hydroxyl groups is 1. The Morgan fingerprint density at radius 2 is 1.80 bits per heavy atom. The van der Waals surface area contributed by atoms with Crippen molar-refractivity contribution in [2.24, 2.45) is 0 Å². The SMILES string of the molecule is Cc1c(C)c(Br)c(C)c(CCC=O)c1O. The van der Waals surface area contributed by atoms with E-state index in [9.17, 15) is 9.90 Å². The monoisotopic (exact) mass is 270 g/mol. The van der Waals surface area contributed by atoms with E-state index in [2.05, 4.69) is 15.9 Å². The van der Waals surface area contributed by atoms with Crippen LogP contribution in [-0.4, -0.2) is 11.4 Å². The number of phenols is 1. The Balaban J connectivity index is 3.31. The highest BCUT2D eigenvalue weighted by atomic mass is 79.9. The summed E-state index contributed by atoms with van der Waals surface area (Å²) in [4.78, 5) is 10.3. The molecule has 0 heterocycles. The van der Waals surface area contributed by atoms with Gasteiger partial charge in [-0.3, -0.25) is 0 Å². The molecule has 2 nitrogen and oxygen atoms in total. The summed E-state index contributed by atoms with van der Waals surface area (Å²) in [6.07, 6.45) is 1.92. The van der Waals surface area contributed by atoms with Crippen LogP contribution < -0.4 is 0 Å². The topological polar surface area (TPSA) is 37.3 Å². The molecule has 0 atom stereocenters. The fourth-order valence-corrected chi connectivity index (χ4v) is 2.21. The summed E-state index contributed by atoms with van der Waals surface area (Å²) in [5, 5.41) is 9.97. The standard InChI is InChI=1S/C12H15BrO2/c1-7-8(2)12(15)10(5-4-6-14)9(3)11(7)13/h6,15H,4-5H2,1-3H3. The lowest BCUT2D eigenvalue weighted by Crippen LogP contribution is -1.98. The molecule has 15 heavy (non-hydrogen) atoms. The molecule has 0 unspecified atom stereocenters. The second-order valence-electron chi connectivity index (χ2n) is 3.72. The van der Waals surface area contributed by atoms with E-state index in [0.29, 0.717) is 18.6 Å². The molecule has 0 aliphatic heterocycles. The average Bonchev–Trinajstić information content (AvgIpc) is 2.24. The Morgan fingerprint density at radius 3 is 2.33 bits per heavy atom. The van der Waals surface area contributed by atoms with Gasteiger partial charge in [-0.15, -0.1) is 0 Å². The summed E-state index contributed by atoms with van der Waals surface area (Å²) in [6.45, 7) is 5.81. The van der Waals surface area contributed by atoms with Crippen molar-refractivity contribution in [2.75, 3.05) is 0 Å². The largest absolute Gasteiger partial charge is 0.507 e. The zero-order valence-corrected chi connectivity index (χ0v) is 10.8. The molecule has 3 heteroatoms. The molecule has 82 valence electrons. The number of rotatable bonds is 3. The third-order valence-corrected chi connectivity index (χ3v) is 4.02. The van der Waals surface area contributed by atoms with Crippen LogP contribution in [0.25, 0.3) is 0 Å². The van der Waals surface area contributed by atoms with Crippen LogP contribution in [0.4, 0.5) is 0 Å². The predicted octanol–water partition coefficient (Wildman–Crippen LogP) is 3.21. The van der Waals surface area contributed by atoms with Crippen molar-refractivity contribution < 1.29 is 9.90 Å². The number of aldehydes is 1. The zero-order valence-electron chi connectivity index (χ0n) is 9.22. The fraction of sp³-hybridized carbons (Fsp3) is 0.417. The van der Waals surface area contributed by atoms with Crippen molar-refractivity contribution in [1.29, 1.82) is 0 Å². The second kappa shape index (κ2) is 4.79. The highest BCUT2D eigenvalue weighted by Gasteiger charge is 2.14. The van der Waals surface area contributed by atoms with Crippen LogP contribution in [-0.2, 0) is 11.2 Å². The van der Waals surface area contributed by atoms with Crippen LogP contribution in [0.15, 0.2) is 4.47 Å². The number of carbonyl (C=O) groups is 1. The molecule has 0 saturated carbocycles. The van der Waals surface area contributed by atoms with E-state index in [1.807, 2.05) is 20.8 Å². The van der Waals surface area contributed by atoms with E-state index < -0.39 is 0 Å². The van der Waals surface area contributed by atoms with Gasteiger partial charge < -0.3 is 9.90 Å². The third kappa shape index (κ3) is 2.23. The first kappa shape index (κ1) is 12.2. The van der Waals surface area contributed by atoms with Crippen LogP contribution in [0.5, 0.6) is 5.75 Å². The van der Waals surface area contributed by atoms with E-state index in [0.717, 1.165) is 33.0 Å². The molecule has 0 aromatic heterocycles. The van der Waals surface area contributed by atoms with Gasteiger partial charge in [-0.25, -0.2) is 0 Å². The molecular formula is C12H15BrO2. The lowest BCUT2D eigenvalue weighted by Gasteiger charge is -2.15. The maximum atomic E-state index is 10.3. The number of phenolic OH excluding ortho intramolecular Hbond substituents is 1. The van der Waals surface area contributed by atoms with Gasteiger partial charge in [0.25, 0.3) is 0 Å². The minimum Gasteiger partial charge on any atom is -0.507 e. The van der Waals surface area contributed by atoms with Gasteiger partial charge >= 0.3 is 0 Å². The number of hydrogen-bond donors (Lipinski definition) is 1. The minimum atomic E-state index is 0.329. The Morgan fingerprint density at radius 1 is 1.20 bits per heavy atom. The number of carbonyl (C=O) groups excluding carboxylic acids is 1. The van der Waals surface area contributed by atoms with Crippen LogP contribution in [0.1, 0.15) is 28.7 Å². The van der Waals surface area contributed by atoms with E-state index in [-0.39, 0.29) is 0 Å². The van der Waals surface area contributed by atoms with Crippen molar-refractivity contribution in [3.63, 3.8) is 0 Å². The molecule has 1 aromatic rings. The summed E-state index contributed by atoms with van der Waals surface area (Å²) in [5.41, 5.74) is 3.84. The molecule has 0 bridgehead atoms. The van der Waals surface area contributed by atoms with Gasteiger partial charge in [0.1, 0.15) is 12.0 Å². The quantitative estimate of drug-likeness (QED) is 0.857. The number of halogens is 1. The Kier molecular flexibility index (Phi) is 3.91. The van der Waals surface area contributed by atoms with Gasteiger partial charge in [0.2, 0.25) is 0 Å². The minimum absolute atomic E-state index is 0.329. The molecule has 0 fully saturated rings. The van der Waals surface area contributed by atoms with Crippen molar-refractivity contribution in [3.8, 4) is 5.75 Å². The van der Waals surface area contributed by atoms with E-state index in [1.165, 1.54) is 0 Å². The van der Waals surface area contributed by atoms with Crippen LogP contribution in [0, 0.1) is 20.8 Å². The molecule has 1 N–H and O–H groups in total. The molecule has 0 aliphatic carbocycles. The molecule has 0 spiro atoms. The molecule has 1 rings (SSSR count). The van der Waals surface area contributed by atoms with Crippen molar-refractivity contribution in [1.82, 2.24) is 0 Å². The number of hydrogen-bond acceptors (Lipinski definition) is 2. The first-order chi connectivity index (χ1) is 7.00. The summed E-state index contributed by atoms with van der Waals surface area (Å²) in [6, 6.07) is 0. The van der Waals surface area contributed by atoms with Gasteiger partial charge in [-0.1, -0.05) is 15.9 Å². The molecule has 0 aliphatic rings. The summed E-state index contributed by atoms with van der Waals surface area (Å²) >= 11 is 3.51. The lowest BCUT2D eigenvalue weighted by atomic mass is 9.96. The summed E-state index contributed by atoms with van der Waals surface area (Å²) in [7, 11) is 0. The first-order valence-electron chi connectivity index (χ1n) is 4.91. The lowest BCUT2D eigenvalue weighted by molar-refractivity contribution is -0.107. The molecular weight excluding hydrogens is 256 g/mol. The summed E-state index contributed by atoms with van der Waals surface area (Å²) < 4.78 is 1.03. The first-order valence-corrected chi connectivity index (χ1v) is 5.70. The van der Waals surface area contributed by atoms with Gasteiger partial charge in [0.05, 0.1) is 0 Å². The van der Waals surface area contributed by atoms with Gasteiger partial charge in [-0.2, -0.15) is 0 Å². The molecule has 1 aromatic carbocycles. The predicted molar refractivity (Wildman–Crippen MR) is 64.4 cm³/mol. The zero-order chi connectivity index (χ0) is 11.6. The third-order valence-electron chi connectivity index (χ3n) is 2.83. The van der Waals surface area contributed by atoms with Gasteiger partial charge in [-0.05, 0) is 49.4 Å². The highest BCUT2D eigenvalue weighted by molar-refractivity contribution is 9.10. The Hall–Kier alpha value is -0.830. The smallest absolute Gasteiger partial charge is 0.122 e. The van der Waals surface area contributed by atoms with Crippen molar-refractivity contribution in [3.05, 3.63) is 26.7 Å². The van der Waals surface area contributed by atoms with Crippen molar-refractivity contribution in [2.45, 2.75) is 33.6 Å². The van der Waals surface area contributed by atoms with Crippen molar-refractivity contribution >= 4 is 22.2 Å². The highest BCUT2D eigenvalue weighted by Crippen LogP contribution is 2.35. The summed E-state index contributed by atoms with van der Waals surface area (Å²) in [5.74, 6) is 0.329. The van der Waals surface area contributed by atoms with E-state index in [4.69, 9.17) is 0 Å². The van der Waals surface area contributed by atoms with E-state index >= 15 is 0 Å². The van der Waals surface area contributed by atoms with Crippen LogP contribution >= 0.6 is 15.9 Å².